The second-order valence-electron chi connectivity index (χ2n) is 16.1. The van der Waals surface area contributed by atoms with Gasteiger partial charge in [0.05, 0.1) is 22.1 Å². The van der Waals surface area contributed by atoms with E-state index in [9.17, 15) is 0 Å². The quantitative estimate of drug-likeness (QED) is 0.152. The zero-order valence-electron chi connectivity index (χ0n) is 34.0. The van der Waals surface area contributed by atoms with Gasteiger partial charge in [-0.1, -0.05) is 176 Å². The van der Waals surface area contributed by atoms with E-state index in [0.29, 0.717) is 0 Å². The summed E-state index contributed by atoms with van der Waals surface area (Å²) in [4.78, 5) is 0. The number of para-hydroxylation sites is 1. The summed E-state index contributed by atoms with van der Waals surface area (Å²) in [6.07, 6.45) is 0. The standard InChI is InChI=1S/C60H40N2/c1-4-14-41(15-5-1)43-26-32-50(33-27-43)61-56-24-11-10-22-53(56)54-39-48(30-36-57(54)61)49-31-37-58-55(40-49)60-52(45-18-8-3-9-19-45)23-13-25-59(60)62(58)51-34-28-44(29-35-51)47-21-12-20-46(38-47)42-16-6-2-7-17-42/h1-40H. The summed E-state index contributed by atoms with van der Waals surface area (Å²) >= 11 is 0. The minimum Gasteiger partial charge on any atom is -0.309 e. The van der Waals surface area contributed by atoms with Gasteiger partial charge in [0.2, 0.25) is 0 Å². The monoisotopic (exact) mass is 788 g/mol. The molecule has 2 aromatic heterocycles. The molecule has 2 heterocycles. The highest BCUT2D eigenvalue weighted by molar-refractivity contribution is 6.17. The second-order valence-corrected chi connectivity index (χ2v) is 16.1. The number of fused-ring (bicyclic) bond motifs is 6. The van der Waals surface area contributed by atoms with Crippen molar-refractivity contribution in [3.05, 3.63) is 243 Å². The van der Waals surface area contributed by atoms with Crippen LogP contribution < -0.4 is 0 Å². The Morgan fingerprint density at radius 3 is 1.23 bits per heavy atom. The van der Waals surface area contributed by atoms with E-state index < -0.39 is 0 Å². The first-order valence-corrected chi connectivity index (χ1v) is 21.3. The lowest BCUT2D eigenvalue weighted by molar-refractivity contribution is 1.18. The van der Waals surface area contributed by atoms with E-state index in [0.717, 1.165) is 11.4 Å². The fourth-order valence-corrected chi connectivity index (χ4v) is 9.56. The summed E-state index contributed by atoms with van der Waals surface area (Å²) in [6, 6.07) is 88.3. The summed E-state index contributed by atoms with van der Waals surface area (Å²) in [5, 5.41) is 4.98. The molecule has 62 heavy (non-hydrogen) atoms. The third kappa shape index (κ3) is 6.04. The normalized spacial score (nSPS) is 11.5. The minimum absolute atomic E-state index is 1.14. The van der Waals surface area contributed by atoms with Crippen molar-refractivity contribution in [3.8, 4) is 67.0 Å². The predicted molar refractivity (Wildman–Crippen MR) is 262 cm³/mol. The third-order valence-corrected chi connectivity index (χ3v) is 12.5. The Bertz CT molecular complexity index is 3580. The molecule has 12 aromatic rings. The number of nitrogens with zero attached hydrogens (tertiary/aromatic N) is 2. The number of hydrogen-bond acceptors (Lipinski definition) is 0. The summed E-state index contributed by atoms with van der Waals surface area (Å²) in [6.45, 7) is 0. The molecule has 0 atom stereocenters. The second kappa shape index (κ2) is 14.8. The Kier molecular flexibility index (Phi) is 8.53. The van der Waals surface area contributed by atoms with Crippen molar-refractivity contribution in [2.24, 2.45) is 0 Å². The van der Waals surface area contributed by atoms with Gasteiger partial charge in [-0.25, -0.2) is 0 Å². The Morgan fingerprint density at radius 2 is 0.597 bits per heavy atom. The SMILES string of the molecule is c1ccc(-c2ccc(-n3c4ccccc4c4cc(-c5ccc6c(c5)c5c(-c7ccccc7)cccc5n6-c5ccc(-c6cccc(-c7ccccc7)c6)cc5)ccc43)cc2)cc1. The Morgan fingerprint density at radius 1 is 0.210 bits per heavy atom. The molecule has 0 N–H and O–H groups in total. The van der Waals surface area contributed by atoms with E-state index in [1.807, 2.05) is 0 Å². The molecule has 10 aromatic carbocycles. The lowest BCUT2D eigenvalue weighted by Crippen LogP contribution is -1.94. The topological polar surface area (TPSA) is 9.86 Å². The van der Waals surface area contributed by atoms with Gasteiger partial charge in [0.1, 0.15) is 0 Å². The molecule has 0 saturated heterocycles. The first-order valence-electron chi connectivity index (χ1n) is 21.3. The molecule has 0 aliphatic carbocycles. The molecule has 0 aliphatic rings. The van der Waals surface area contributed by atoms with Gasteiger partial charge in [0, 0.05) is 32.9 Å². The van der Waals surface area contributed by atoms with Crippen molar-refractivity contribution in [3.63, 3.8) is 0 Å². The van der Waals surface area contributed by atoms with Crippen molar-refractivity contribution < 1.29 is 0 Å². The molecular weight excluding hydrogens is 749 g/mol. The molecule has 0 unspecified atom stereocenters. The fraction of sp³-hybridized carbons (Fsp3) is 0. The van der Waals surface area contributed by atoms with Crippen LogP contribution in [-0.2, 0) is 0 Å². The van der Waals surface area contributed by atoms with Crippen LogP contribution in [-0.4, -0.2) is 9.13 Å². The lowest BCUT2D eigenvalue weighted by atomic mass is 9.97. The predicted octanol–water partition coefficient (Wildman–Crippen LogP) is 16.2. The molecule has 0 spiro atoms. The van der Waals surface area contributed by atoms with Crippen LogP contribution >= 0.6 is 0 Å². The van der Waals surface area contributed by atoms with E-state index in [-0.39, 0.29) is 0 Å². The Labute approximate surface area is 360 Å². The van der Waals surface area contributed by atoms with E-state index in [4.69, 9.17) is 0 Å². The zero-order valence-corrected chi connectivity index (χ0v) is 34.0. The maximum absolute atomic E-state index is 2.44. The minimum atomic E-state index is 1.14. The average Bonchev–Trinajstić information content (AvgIpc) is 3.87. The molecule has 0 aliphatic heterocycles. The summed E-state index contributed by atoms with van der Waals surface area (Å²) in [7, 11) is 0. The highest BCUT2D eigenvalue weighted by Crippen LogP contribution is 2.42. The first-order chi connectivity index (χ1) is 30.7. The summed E-state index contributed by atoms with van der Waals surface area (Å²) < 4.78 is 4.84. The molecule has 2 heteroatoms. The molecule has 0 amide bonds. The molecular formula is C60H40N2. The molecule has 0 fully saturated rings. The number of hydrogen-bond donors (Lipinski definition) is 0. The molecule has 0 radical (unpaired) electrons. The Hall–Kier alpha value is -8.20. The summed E-state index contributed by atoms with van der Waals surface area (Å²) in [5.74, 6) is 0. The van der Waals surface area contributed by atoms with Gasteiger partial charge in [-0.05, 0) is 122 Å². The van der Waals surface area contributed by atoms with Gasteiger partial charge in [-0.3, -0.25) is 0 Å². The van der Waals surface area contributed by atoms with Gasteiger partial charge < -0.3 is 9.13 Å². The zero-order chi connectivity index (χ0) is 41.0. The average molecular weight is 789 g/mol. The van der Waals surface area contributed by atoms with Gasteiger partial charge in [0.15, 0.2) is 0 Å². The highest BCUT2D eigenvalue weighted by Gasteiger charge is 2.19. The highest BCUT2D eigenvalue weighted by atomic mass is 15.0. The third-order valence-electron chi connectivity index (χ3n) is 12.5. The van der Waals surface area contributed by atoms with Crippen molar-refractivity contribution in [1.29, 1.82) is 0 Å². The molecule has 290 valence electrons. The van der Waals surface area contributed by atoms with Crippen LogP contribution in [0.25, 0.3) is 111 Å². The van der Waals surface area contributed by atoms with Crippen LogP contribution in [0.3, 0.4) is 0 Å². The molecule has 0 bridgehead atoms. The lowest BCUT2D eigenvalue weighted by Gasteiger charge is -2.11. The molecule has 12 rings (SSSR count). The van der Waals surface area contributed by atoms with Gasteiger partial charge in [-0.2, -0.15) is 0 Å². The van der Waals surface area contributed by atoms with E-state index in [1.54, 1.807) is 0 Å². The van der Waals surface area contributed by atoms with Gasteiger partial charge >= 0.3 is 0 Å². The largest absolute Gasteiger partial charge is 0.309 e. The number of aromatic nitrogens is 2. The maximum Gasteiger partial charge on any atom is 0.0547 e. The van der Waals surface area contributed by atoms with Crippen molar-refractivity contribution in [1.82, 2.24) is 9.13 Å². The van der Waals surface area contributed by atoms with Gasteiger partial charge in [-0.15, -0.1) is 0 Å². The smallest absolute Gasteiger partial charge is 0.0547 e. The van der Waals surface area contributed by atoms with Crippen LogP contribution in [0.15, 0.2) is 243 Å². The van der Waals surface area contributed by atoms with Crippen LogP contribution in [0.4, 0.5) is 0 Å². The van der Waals surface area contributed by atoms with E-state index in [2.05, 4.69) is 252 Å². The van der Waals surface area contributed by atoms with Crippen molar-refractivity contribution >= 4 is 43.6 Å². The number of rotatable bonds is 7. The van der Waals surface area contributed by atoms with E-state index >= 15 is 0 Å². The summed E-state index contributed by atoms with van der Waals surface area (Å²) in [5.41, 5.74) is 19.2. The fourth-order valence-electron chi connectivity index (χ4n) is 9.56. The van der Waals surface area contributed by atoms with Crippen molar-refractivity contribution in [2.45, 2.75) is 0 Å². The maximum atomic E-state index is 2.44. The van der Waals surface area contributed by atoms with Crippen LogP contribution in [0.2, 0.25) is 0 Å². The first kappa shape index (κ1) is 35.7. The van der Waals surface area contributed by atoms with Crippen LogP contribution in [0, 0.1) is 0 Å². The van der Waals surface area contributed by atoms with Gasteiger partial charge in [0.25, 0.3) is 0 Å². The molecule has 2 nitrogen and oxygen atoms in total. The van der Waals surface area contributed by atoms with Crippen LogP contribution in [0.1, 0.15) is 0 Å². The Balaban J connectivity index is 0.987. The molecule has 0 saturated carbocycles. The van der Waals surface area contributed by atoms with Crippen LogP contribution in [0.5, 0.6) is 0 Å². The van der Waals surface area contributed by atoms with Crippen molar-refractivity contribution in [2.75, 3.05) is 0 Å². The van der Waals surface area contributed by atoms with E-state index in [1.165, 1.54) is 99.2 Å². The number of benzene rings is 10.